The first-order valence-corrected chi connectivity index (χ1v) is 26.2. The summed E-state index contributed by atoms with van der Waals surface area (Å²) in [7, 11) is 0. The quantitative estimate of drug-likeness (QED) is 0.163. The molecule has 0 N–H and O–H groups in total. The second-order valence-electron chi connectivity index (χ2n) is 27.1. The topological polar surface area (TPSA) is 6.48 Å². The maximum atomic E-state index is 2.73. The van der Waals surface area contributed by atoms with E-state index in [1.807, 2.05) is 0 Å². The van der Waals surface area contributed by atoms with Crippen molar-refractivity contribution in [2.24, 2.45) is 0 Å². The van der Waals surface area contributed by atoms with Crippen LogP contribution in [0.15, 0.2) is 103 Å². The average Bonchev–Trinajstić information content (AvgIpc) is 3.27. The predicted molar refractivity (Wildman–Crippen MR) is 295 cm³/mol. The van der Waals surface area contributed by atoms with Crippen LogP contribution in [0.1, 0.15) is 187 Å². The third kappa shape index (κ3) is 6.77. The summed E-state index contributed by atoms with van der Waals surface area (Å²) in [6.45, 7) is 39.3. The van der Waals surface area contributed by atoms with Gasteiger partial charge in [0.2, 0.25) is 0 Å². The van der Waals surface area contributed by atoms with Gasteiger partial charge in [-0.2, -0.15) is 0 Å². The predicted octanol–water partition coefficient (Wildman–Crippen LogP) is 16.1. The van der Waals surface area contributed by atoms with Gasteiger partial charge in [0, 0.05) is 34.0 Å². The van der Waals surface area contributed by atoms with Crippen LogP contribution in [-0.2, 0) is 37.9 Å². The lowest BCUT2D eigenvalue weighted by Gasteiger charge is -2.49. The molecule has 0 aromatic heterocycles. The monoisotopic (exact) mass is 897 g/mol. The molecule has 0 bridgehead atoms. The minimum absolute atomic E-state index is 0.00547. The fourth-order valence-corrected chi connectivity index (χ4v) is 13.6. The molecule has 2 aliphatic heterocycles. The number of hydrogen-bond donors (Lipinski definition) is 0. The Labute approximate surface area is 411 Å². The summed E-state index contributed by atoms with van der Waals surface area (Å²) in [6, 6.07) is 42.0. The summed E-state index contributed by atoms with van der Waals surface area (Å²) in [5.74, 6) is 0. The van der Waals surface area contributed by atoms with Crippen LogP contribution in [0.2, 0.25) is 0 Å². The van der Waals surface area contributed by atoms with E-state index in [1.54, 1.807) is 0 Å². The van der Waals surface area contributed by atoms with E-state index in [4.69, 9.17) is 0 Å². The van der Waals surface area contributed by atoms with Crippen LogP contribution in [0.5, 0.6) is 0 Å². The van der Waals surface area contributed by atoms with Crippen molar-refractivity contribution in [1.29, 1.82) is 0 Å². The van der Waals surface area contributed by atoms with Gasteiger partial charge in [-0.15, -0.1) is 0 Å². The van der Waals surface area contributed by atoms with Gasteiger partial charge >= 0.3 is 0 Å². The first-order chi connectivity index (χ1) is 31.7. The molecule has 68 heavy (non-hydrogen) atoms. The van der Waals surface area contributed by atoms with Crippen molar-refractivity contribution >= 4 is 57.2 Å². The van der Waals surface area contributed by atoms with Gasteiger partial charge in [-0.25, -0.2) is 0 Å². The molecule has 11 rings (SSSR count). The SMILES string of the molecule is Cc1cc2c3c(c1)N(c1ccc(C(C)(C)C)cc1-c1ccccc1)c1cc4c(cc1B3c1cc3c(cc1N2c1ccc2c(c1)C(C)(C)CCC2(C)C)C(C)(C)CCC3(C)C)C(C)(C)CCC4(C)C. The van der Waals surface area contributed by atoms with E-state index >= 15 is 0 Å². The van der Waals surface area contributed by atoms with Crippen LogP contribution in [0.4, 0.5) is 34.1 Å². The van der Waals surface area contributed by atoms with Gasteiger partial charge in [0.15, 0.2) is 0 Å². The van der Waals surface area contributed by atoms with Crippen LogP contribution in [0.3, 0.4) is 0 Å². The molecular formula is C65H77BN2. The van der Waals surface area contributed by atoms with E-state index in [0.717, 1.165) is 0 Å². The van der Waals surface area contributed by atoms with E-state index in [1.165, 1.54) is 145 Å². The van der Waals surface area contributed by atoms with Crippen LogP contribution in [0.25, 0.3) is 11.1 Å². The van der Waals surface area contributed by atoms with Crippen molar-refractivity contribution in [3.05, 3.63) is 148 Å². The number of hydrogen-bond acceptors (Lipinski definition) is 2. The molecule has 5 aliphatic rings. The first-order valence-electron chi connectivity index (χ1n) is 26.2. The Hall–Kier alpha value is -5.02. The fourth-order valence-electron chi connectivity index (χ4n) is 13.6. The van der Waals surface area contributed by atoms with Crippen LogP contribution < -0.4 is 26.2 Å². The van der Waals surface area contributed by atoms with Crippen LogP contribution in [-0.4, -0.2) is 6.71 Å². The second-order valence-corrected chi connectivity index (χ2v) is 27.1. The van der Waals surface area contributed by atoms with Crippen molar-refractivity contribution in [1.82, 2.24) is 0 Å². The highest BCUT2D eigenvalue weighted by Gasteiger charge is 2.49. The van der Waals surface area contributed by atoms with Crippen molar-refractivity contribution in [2.45, 2.75) is 187 Å². The van der Waals surface area contributed by atoms with Gasteiger partial charge in [0.25, 0.3) is 6.71 Å². The maximum absolute atomic E-state index is 2.73. The molecule has 0 atom stereocenters. The second kappa shape index (κ2) is 14.5. The van der Waals surface area contributed by atoms with Crippen molar-refractivity contribution in [2.75, 3.05) is 9.80 Å². The molecule has 6 aromatic rings. The van der Waals surface area contributed by atoms with Crippen LogP contribution >= 0.6 is 0 Å². The number of anilines is 6. The van der Waals surface area contributed by atoms with Gasteiger partial charge in [-0.05, 0) is 198 Å². The number of fused-ring (bicyclic) bond motifs is 7. The van der Waals surface area contributed by atoms with E-state index in [0.29, 0.717) is 0 Å². The molecule has 2 nitrogen and oxygen atoms in total. The lowest BCUT2D eigenvalue weighted by Crippen LogP contribution is -2.62. The molecule has 0 unspecified atom stereocenters. The summed E-state index contributed by atoms with van der Waals surface area (Å²) < 4.78 is 0. The smallest absolute Gasteiger partial charge is 0.252 e. The number of aryl methyl sites for hydroxylation is 1. The first kappa shape index (κ1) is 45.4. The van der Waals surface area contributed by atoms with Crippen molar-refractivity contribution < 1.29 is 0 Å². The number of rotatable bonds is 3. The summed E-state index contributed by atoms with van der Waals surface area (Å²) in [6.07, 6.45) is 7.12. The standard InChI is InChI=1S/C65H77BN2/c1-40-32-56-58-57(33-40)68(53-25-22-42(59(2,3)4)34-44(53)41-20-18-17-19-21-41)55-39-50-48(63(11,12)29-31-65(50,15)16)37-52(55)66(58)51-36-47-49(64(13,14)30-28-62(47,9)10)38-54(51)67(56)43-23-24-45-46(35-43)61(7,8)27-26-60(45,5)6/h17-25,32-39H,26-31H2,1-16H3. The van der Waals surface area contributed by atoms with Gasteiger partial charge in [-0.3, -0.25) is 0 Å². The average molecular weight is 897 g/mol. The van der Waals surface area contributed by atoms with E-state index < -0.39 is 0 Å². The van der Waals surface area contributed by atoms with E-state index in [2.05, 4.69) is 224 Å². The Kier molecular flexibility index (Phi) is 9.70. The molecule has 0 spiro atoms. The molecule has 3 aliphatic carbocycles. The summed E-state index contributed by atoms with van der Waals surface area (Å²) in [5.41, 5.74) is 26.8. The van der Waals surface area contributed by atoms with Gasteiger partial charge in [-0.1, -0.05) is 158 Å². The van der Waals surface area contributed by atoms with E-state index in [-0.39, 0.29) is 44.6 Å². The zero-order valence-corrected chi connectivity index (χ0v) is 44.5. The highest BCUT2D eigenvalue weighted by molar-refractivity contribution is 7.00. The lowest BCUT2D eigenvalue weighted by molar-refractivity contribution is 0.332. The highest BCUT2D eigenvalue weighted by atomic mass is 15.2. The summed E-state index contributed by atoms with van der Waals surface area (Å²) in [4.78, 5) is 5.44. The fraction of sp³-hybridized carbons (Fsp3) is 0.446. The maximum Gasteiger partial charge on any atom is 0.252 e. The van der Waals surface area contributed by atoms with Gasteiger partial charge < -0.3 is 9.80 Å². The zero-order valence-electron chi connectivity index (χ0n) is 44.5. The van der Waals surface area contributed by atoms with Crippen molar-refractivity contribution in [3.63, 3.8) is 0 Å². The van der Waals surface area contributed by atoms with Crippen molar-refractivity contribution in [3.8, 4) is 11.1 Å². The Morgan fingerprint density at radius 2 is 0.853 bits per heavy atom. The molecule has 6 aromatic carbocycles. The normalized spacial score (nSPS) is 20.6. The number of benzene rings is 6. The zero-order chi connectivity index (χ0) is 48.5. The lowest BCUT2D eigenvalue weighted by atomic mass is 9.32. The number of nitrogens with zero attached hydrogens (tertiary/aromatic N) is 2. The summed E-state index contributed by atoms with van der Waals surface area (Å²) >= 11 is 0. The molecule has 0 fully saturated rings. The molecule has 2 heterocycles. The Bertz CT molecular complexity index is 3080. The molecule has 0 radical (unpaired) electrons. The minimum Gasteiger partial charge on any atom is -0.311 e. The molecule has 0 amide bonds. The molecule has 0 saturated heterocycles. The Morgan fingerprint density at radius 3 is 1.35 bits per heavy atom. The molecular weight excluding hydrogens is 820 g/mol. The third-order valence-corrected chi connectivity index (χ3v) is 18.4. The minimum atomic E-state index is -0.00547. The molecule has 0 saturated carbocycles. The van der Waals surface area contributed by atoms with E-state index in [9.17, 15) is 0 Å². The van der Waals surface area contributed by atoms with Crippen LogP contribution in [0, 0.1) is 6.92 Å². The largest absolute Gasteiger partial charge is 0.311 e. The Morgan fingerprint density at radius 1 is 0.412 bits per heavy atom. The molecule has 350 valence electrons. The molecule has 3 heteroatoms. The van der Waals surface area contributed by atoms with Gasteiger partial charge in [0.1, 0.15) is 0 Å². The highest BCUT2D eigenvalue weighted by Crippen LogP contribution is 2.55. The Balaban J connectivity index is 1.29. The van der Waals surface area contributed by atoms with Gasteiger partial charge in [0.05, 0.1) is 5.69 Å². The third-order valence-electron chi connectivity index (χ3n) is 18.4. The summed E-state index contributed by atoms with van der Waals surface area (Å²) in [5, 5.41) is 0.